The first-order chi connectivity index (χ1) is 9.43. The number of hydrogen-bond acceptors (Lipinski definition) is 5. The second kappa shape index (κ2) is 9.15. The van der Waals surface area contributed by atoms with Crippen molar-refractivity contribution < 1.29 is 9.72 Å². The number of rotatable bonds is 7. The van der Waals surface area contributed by atoms with Crippen LogP contribution in [0.4, 0.5) is 11.4 Å². The fourth-order valence-electron chi connectivity index (χ4n) is 1.56. The third-order valence-corrected chi connectivity index (χ3v) is 3.04. The first-order valence-corrected chi connectivity index (χ1v) is 6.44. The van der Waals surface area contributed by atoms with Gasteiger partial charge in [0.2, 0.25) is 5.91 Å². The standard InChI is InChI=1S/C13H20N4O3.ClH/c1-9(10(2)14)13(18)16-8-7-15-11-5-3-4-6-12(11)17(19)20;/h3-6,9-10,15H,7-8,14H2,1-2H3,(H,16,18);1H. The van der Waals surface area contributed by atoms with Crippen molar-refractivity contribution in [3.63, 3.8) is 0 Å². The Balaban J connectivity index is 0.00000400. The minimum absolute atomic E-state index is 0. The van der Waals surface area contributed by atoms with E-state index >= 15 is 0 Å². The van der Waals surface area contributed by atoms with Crippen LogP contribution in [-0.4, -0.2) is 30.0 Å². The van der Waals surface area contributed by atoms with Gasteiger partial charge in [0.05, 0.1) is 4.92 Å². The lowest BCUT2D eigenvalue weighted by atomic mass is 10.0. The maximum absolute atomic E-state index is 11.6. The van der Waals surface area contributed by atoms with E-state index in [1.165, 1.54) is 6.07 Å². The highest BCUT2D eigenvalue weighted by molar-refractivity contribution is 5.85. The van der Waals surface area contributed by atoms with E-state index in [2.05, 4.69) is 10.6 Å². The van der Waals surface area contributed by atoms with E-state index in [-0.39, 0.29) is 36.0 Å². The Morgan fingerprint density at radius 3 is 2.52 bits per heavy atom. The number of anilines is 1. The van der Waals surface area contributed by atoms with E-state index < -0.39 is 4.92 Å². The van der Waals surface area contributed by atoms with Gasteiger partial charge in [-0.3, -0.25) is 14.9 Å². The molecule has 21 heavy (non-hydrogen) atoms. The molecular weight excluding hydrogens is 296 g/mol. The van der Waals surface area contributed by atoms with Crippen LogP contribution in [0.1, 0.15) is 13.8 Å². The minimum Gasteiger partial charge on any atom is -0.378 e. The number of nitrogens with one attached hydrogen (secondary N) is 2. The van der Waals surface area contributed by atoms with Gasteiger partial charge >= 0.3 is 0 Å². The summed E-state index contributed by atoms with van der Waals surface area (Å²) in [6.07, 6.45) is 0. The Morgan fingerprint density at radius 1 is 1.33 bits per heavy atom. The molecule has 0 aliphatic heterocycles. The quantitative estimate of drug-likeness (QED) is 0.401. The molecule has 0 aromatic heterocycles. The molecule has 0 aliphatic rings. The van der Waals surface area contributed by atoms with Crippen molar-refractivity contribution in [2.75, 3.05) is 18.4 Å². The van der Waals surface area contributed by atoms with Crippen LogP contribution in [0.5, 0.6) is 0 Å². The molecule has 1 aromatic carbocycles. The fraction of sp³-hybridized carbons (Fsp3) is 0.462. The van der Waals surface area contributed by atoms with Gasteiger partial charge in [-0.2, -0.15) is 0 Å². The number of halogens is 1. The molecule has 2 unspecified atom stereocenters. The zero-order valence-electron chi connectivity index (χ0n) is 12.0. The SMILES string of the molecule is CC(N)C(C)C(=O)NCCNc1ccccc1[N+](=O)[O-].Cl. The number of nitro groups is 1. The van der Waals surface area contributed by atoms with Gasteiger partial charge in [0, 0.05) is 31.1 Å². The smallest absolute Gasteiger partial charge is 0.292 e. The molecule has 0 bridgehead atoms. The summed E-state index contributed by atoms with van der Waals surface area (Å²) in [6, 6.07) is 6.17. The lowest BCUT2D eigenvalue weighted by Gasteiger charge is -2.15. The summed E-state index contributed by atoms with van der Waals surface area (Å²) < 4.78 is 0. The molecule has 0 saturated carbocycles. The monoisotopic (exact) mass is 316 g/mol. The first kappa shape index (κ1) is 19.1. The van der Waals surface area contributed by atoms with E-state index in [4.69, 9.17) is 5.73 Å². The molecule has 0 aliphatic carbocycles. The third-order valence-electron chi connectivity index (χ3n) is 3.04. The molecule has 1 rings (SSSR count). The van der Waals surface area contributed by atoms with Crippen molar-refractivity contribution in [2.24, 2.45) is 11.7 Å². The van der Waals surface area contributed by atoms with Gasteiger partial charge in [-0.15, -0.1) is 12.4 Å². The fourth-order valence-corrected chi connectivity index (χ4v) is 1.56. The van der Waals surface area contributed by atoms with Crippen molar-refractivity contribution >= 4 is 29.7 Å². The summed E-state index contributed by atoms with van der Waals surface area (Å²) in [6.45, 7) is 4.31. The molecule has 1 aromatic rings. The maximum atomic E-state index is 11.6. The number of hydrogen-bond donors (Lipinski definition) is 3. The Bertz CT molecular complexity index is 482. The van der Waals surface area contributed by atoms with Crippen molar-refractivity contribution in [1.82, 2.24) is 5.32 Å². The molecule has 0 fully saturated rings. The summed E-state index contributed by atoms with van der Waals surface area (Å²) >= 11 is 0. The second-order valence-electron chi connectivity index (χ2n) is 4.64. The third kappa shape index (κ3) is 5.97. The Kier molecular flexibility index (Phi) is 8.34. The highest BCUT2D eigenvalue weighted by Crippen LogP contribution is 2.22. The summed E-state index contributed by atoms with van der Waals surface area (Å²) in [7, 11) is 0. The summed E-state index contributed by atoms with van der Waals surface area (Å²) in [5, 5.41) is 16.5. The van der Waals surface area contributed by atoms with Crippen molar-refractivity contribution in [3.8, 4) is 0 Å². The van der Waals surface area contributed by atoms with Crippen LogP contribution in [-0.2, 0) is 4.79 Å². The van der Waals surface area contributed by atoms with Crippen molar-refractivity contribution in [1.29, 1.82) is 0 Å². The number of nitrogens with two attached hydrogens (primary N) is 1. The van der Waals surface area contributed by atoms with Gasteiger partial charge in [0.1, 0.15) is 5.69 Å². The Morgan fingerprint density at radius 2 is 1.95 bits per heavy atom. The molecule has 7 nitrogen and oxygen atoms in total. The molecule has 1 amide bonds. The molecule has 0 saturated heterocycles. The molecular formula is C13H21ClN4O3. The minimum atomic E-state index is -0.445. The summed E-state index contributed by atoms with van der Waals surface area (Å²) in [5.74, 6) is -0.384. The number of nitrogens with zero attached hydrogens (tertiary/aromatic N) is 1. The van der Waals surface area contributed by atoms with Crippen LogP contribution in [0.3, 0.4) is 0 Å². The predicted octanol–water partition coefficient (Wildman–Crippen LogP) is 1.53. The number of carbonyl (C=O) groups excluding carboxylic acids is 1. The molecule has 4 N–H and O–H groups in total. The average molecular weight is 317 g/mol. The van der Waals surface area contributed by atoms with Crippen LogP contribution in [0, 0.1) is 16.0 Å². The van der Waals surface area contributed by atoms with Gasteiger partial charge in [-0.05, 0) is 13.0 Å². The summed E-state index contributed by atoms with van der Waals surface area (Å²) in [5.41, 5.74) is 6.09. The van der Waals surface area contributed by atoms with E-state index in [1.54, 1.807) is 32.0 Å². The Hall–Kier alpha value is -1.86. The van der Waals surface area contributed by atoms with Gasteiger partial charge in [-0.1, -0.05) is 19.1 Å². The van der Waals surface area contributed by atoms with E-state index in [9.17, 15) is 14.9 Å². The molecule has 2 atom stereocenters. The lowest BCUT2D eigenvalue weighted by Crippen LogP contribution is -2.40. The van der Waals surface area contributed by atoms with Crippen LogP contribution in [0.2, 0.25) is 0 Å². The largest absolute Gasteiger partial charge is 0.378 e. The van der Waals surface area contributed by atoms with Crippen molar-refractivity contribution in [3.05, 3.63) is 34.4 Å². The van der Waals surface area contributed by atoms with E-state index in [0.717, 1.165) is 0 Å². The van der Waals surface area contributed by atoms with E-state index in [0.29, 0.717) is 18.8 Å². The molecule has 8 heteroatoms. The van der Waals surface area contributed by atoms with Crippen LogP contribution >= 0.6 is 12.4 Å². The zero-order chi connectivity index (χ0) is 15.1. The van der Waals surface area contributed by atoms with Gasteiger partial charge in [0.25, 0.3) is 5.69 Å². The Labute approximate surface area is 129 Å². The molecule has 118 valence electrons. The van der Waals surface area contributed by atoms with Gasteiger partial charge in [-0.25, -0.2) is 0 Å². The molecule has 0 spiro atoms. The number of benzene rings is 1. The van der Waals surface area contributed by atoms with Crippen molar-refractivity contribution in [2.45, 2.75) is 19.9 Å². The number of para-hydroxylation sites is 2. The number of nitro benzene ring substituents is 1. The van der Waals surface area contributed by atoms with Gasteiger partial charge in [0.15, 0.2) is 0 Å². The number of amides is 1. The predicted molar refractivity (Wildman–Crippen MR) is 84.7 cm³/mol. The number of carbonyl (C=O) groups is 1. The average Bonchev–Trinajstić information content (AvgIpc) is 2.42. The molecule has 0 radical (unpaired) electrons. The summed E-state index contributed by atoms with van der Waals surface area (Å²) in [4.78, 5) is 22.0. The normalized spacial score (nSPS) is 12.7. The topological polar surface area (TPSA) is 110 Å². The lowest BCUT2D eigenvalue weighted by molar-refractivity contribution is -0.384. The van der Waals surface area contributed by atoms with E-state index in [1.807, 2.05) is 0 Å². The van der Waals surface area contributed by atoms with Crippen LogP contribution in [0.25, 0.3) is 0 Å². The maximum Gasteiger partial charge on any atom is 0.292 e. The zero-order valence-corrected chi connectivity index (χ0v) is 12.9. The first-order valence-electron chi connectivity index (χ1n) is 6.44. The highest BCUT2D eigenvalue weighted by atomic mass is 35.5. The second-order valence-corrected chi connectivity index (χ2v) is 4.64. The highest BCUT2D eigenvalue weighted by Gasteiger charge is 2.16. The van der Waals surface area contributed by atoms with Crippen LogP contribution in [0.15, 0.2) is 24.3 Å². The van der Waals surface area contributed by atoms with Gasteiger partial charge < -0.3 is 16.4 Å². The molecule has 0 heterocycles. The van der Waals surface area contributed by atoms with Crippen LogP contribution < -0.4 is 16.4 Å².